The fourth-order valence-corrected chi connectivity index (χ4v) is 3.96. The third-order valence-electron chi connectivity index (χ3n) is 5.09. The molecular weight excluding hydrogens is 443 g/mol. The van der Waals surface area contributed by atoms with Gasteiger partial charge in [-0.25, -0.2) is 0 Å². The van der Waals surface area contributed by atoms with Crippen LogP contribution in [0, 0.1) is 37.8 Å². The molecule has 164 valence electrons. The van der Waals surface area contributed by atoms with Crippen molar-refractivity contribution in [2.24, 2.45) is 0 Å². The molecule has 3 rings (SSSR count). The highest BCUT2D eigenvalue weighted by Gasteiger charge is 2.22. The molecule has 2 aromatic heterocycles. The van der Waals surface area contributed by atoms with E-state index in [-0.39, 0.29) is 24.6 Å². The van der Waals surface area contributed by atoms with Crippen LogP contribution in [0.15, 0.2) is 18.2 Å². The van der Waals surface area contributed by atoms with E-state index in [0.717, 1.165) is 11.3 Å². The van der Waals surface area contributed by atoms with Gasteiger partial charge in [0.15, 0.2) is 0 Å². The van der Waals surface area contributed by atoms with E-state index in [1.807, 2.05) is 6.92 Å². The summed E-state index contributed by atoms with van der Waals surface area (Å²) in [6.07, 6.45) is 0.111. The monoisotopic (exact) mass is 464 g/mol. The number of aromatic nitrogens is 4. The van der Waals surface area contributed by atoms with Crippen molar-refractivity contribution in [3.8, 4) is 0 Å². The molecule has 9 nitrogen and oxygen atoms in total. The number of halogens is 2. The second kappa shape index (κ2) is 9.07. The van der Waals surface area contributed by atoms with Crippen LogP contribution in [-0.4, -0.2) is 30.4 Å². The Kier molecular flexibility index (Phi) is 6.66. The zero-order valence-electron chi connectivity index (χ0n) is 17.6. The third kappa shape index (κ3) is 4.72. The maximum absolute atomic E-state index is 12.5. The van der Waals surface area contributed by atoms with E-state index in [9.17, 15) is 14.9 Å². The van der Waals surface area contributed by atoms with E-state index in [0.29, 0.717) is 39.4 Å². The first kappa shape index (κ1) is 22.8. The number of carbonyl (C=O) groups excluding carboxylic acids is 1. The van der Waals surface area contributed by atoms with Gasteiger partial charge in [-0.1, -0.05) is 29.3 Å². The van der Waals surface area contributed by atoms with Gasteiger partial charge in [0.05, 0.1) is 35.1 Å². The number of benzene rings is 1. The molecule has 0 unspecified atom stereocenters. The summed E-state index contributed by atoms with van der Waals surface area (Å²) in [5.74, 6) is -0.239. The van der Waals surface area contributed by atoms with Gasteiger partial charge in [0.1, 0.15) is 11.4 Å². The standard InChI is InChI=1S/C20H22Cl2N6O3/c1-11-19(13(3)27(24-11)10-15-16(21)6-5-7-17(15)22)23-18(29)8-9-26-14(4)20(28(30)31)12(2)25-26/h5-7H,8-10H2,1-4H3,(H,23,29). The van der Waals surface area contributed by atoms with E-state index >= 15 is 0 Å². The number of aryl methyl sites for hydroxylation is 3. The third-order valence-corrected chi connectivity index (χ3v) is 5.80. The second-order valence-electron chi connectivity index (χ2n) is 7.20. The molecule has 1 aromatic carbocycles. The van der Waals surface area contributed by atoms with Crippen molar-refractivity contribution in [3.05, 3.63) is 66.7 Å². The minimum absolute atomic E-state index is 0.0217. The predicted molar refractivity (Wildman–Crippen MR) is 119 cm³/mol. The largest absolute Gasteiger partial charge is 0.323 e. The second-order valence-corrected chi connectivity index (χ2v) is 8.02. The molecule has 0 aliphatic carbocycles. The summed E-state index contributed by atoms with van der Waals surface area (Å²) in [5, 5.41) is 23.8. The number of nitrogens with zero attached hydrogens (tertiary/aromatic N) is 5. The number of hydrogen-bond acceptors (Lipinski definition) is 5. The number of nitro groups is 1. The van der Waals surface area contributed by atoms with Crippen molar-refractivity contribution in [1.29, 1.82) is 0 Å². The molecule has 0 spiro atoms. The van der Waals surface area contributed by atoms with E-state index < -0.39 is 4.92 Å². The van der Waals surface area contributed by atoms with Crippen molar-refractivity contribution in [2.45, 2.75) is 47.2 Å². The fraction of sp³-hybridized carbons (Fsp3) is 0.350. The Morgan fingerprint density at radius 1 is 1.06 bits per heavy atom. The molecule has 0 bridgehead atoms. The van der Waals surface area contributed by atoms with Crippen LogP contribution in [0.1, 0.15) is 34.8 Å². The first-order valence-corrected chi connectivity index (χ1v) is 10.3. The number of rotatable bonds is 7. The first-order chi connectivity index (χ1) is 14.6. The van der Waals surface area contributed by atoms with Gasteiger partial charge >= 0.3 is 5.69 Å². The van der Waals surface area contributed by atoms with Gasteiger partial charge in [0.25, 0.3) is 0 Å². The summed E-state index contributed by atoms with van der Waals surface area (Å²) in [6.45, 7) is 7.45. The summed E-state index contributed by atoms with van der Waals surface area (Å²) in [4.78, 5) is 23.2. The van der Waals surface area contributed by atoms with Crippen LogP contribution in [0.3, 0.4) is 0 Å². The van der Waals surface area contributed by atoms with Gasteiger partial charge in [-0.3, -0.25) is 24.3 Å². The topological polar surface area (TPSA) is 108 Å². The number of nitrogens with one attached hydrogen (secondary N) is 1. The van der Waals surface area contributed by atoms with Gasteiger partial charge in [-0.15, -0.1) is 0 Å². The first-order valence-electron chi connectivity index (χ1n) is 9.55. The number of amides is 1. The van der Waals surface area contributed by atoms with Crippen LogP contribution in [-0.2, 0) is 17.9 Å². The highest BCUT2D eigenvalue weighted by atomic mass is 35.5. The summed E-state index contributed by atoms with van der Waals surface area (Å²) in [7, 11) is 0. The molecule has 0 saturated carbocycles. The molecular formula is C20H22Cl2N6O3. The Bertz CT molecular complexity index is 1150. The highest BCUT2D eigenvalue weighted by Crippen LogP contribution is 2.28. The normalized spacial score (nSPS) is 11.0. The zero-order valence-corrected chi connectivity index (χ0v) is 19.1. The lowest BCUT2D eigenvalue weighted by molar-refractivity contribution is -0.386. The van der Waals surface area contributed by atoms with E-state index in [4.69, 9.17) is 23.2 Å². The average Bonchev–Trinajstić information content (AvgIpc) is 3.12. The van der Waals surface area contributed by atoms with Crippen LogP contribution in [0.5, 0.6) is 0 Å². The fourth-order valence-electron chi connectivity index (χ4n) is 3.44. The zero-order chi connectivity index (χ0) is 22.9. The molecule has 0 atom stereocenters. The number of carbonyl (C=O) groups is 1. The van der Waals surface area contributed by atoms with Crippen LogP contribution in [0.4, 0.5) is 11.4 Å². The summed E-state index contributed by atoms with van der Waals surface area (Å²) in [5.41, 5.74) is 3.53. The Morgan fingerprint density at radius 3 is 2.26 bits per heavy atom. The predicted octanol–water partition coefficient (Wildman–Crippen LogP) is 4.61. The van der Waals surface area contributed by atoms with Gasteiger partial charge in [0, 0.05) is 22.0 Å². The van der Waals surface area contributed by atoms with E-state index in [1.54, 1.807) is 43.7 Å². The molecule has 0 aliphatic rings. The van der Waals surface area contributed by atoms with Gasteiger partial charge in [0.2, 0.25) is 5.91 Å². The molecule has 31 heavy (non-hydrogen) atoms. The maximum atomic E-state index is 12.5. The smallest absolute Gasteiger partial charge is 0.312 e. The lowest BCUT2D eigenvalue weighted by Gasteiger charge is -2.10. The molecule has 3 aromatic rings. The van der Waals surface area contributed by atoms with Crippen molar-refractivity contribution in [3.63, 3.8) is 0 Å². The van der Waals surface area contributed by atoms with Crippen LogP contribution < -0.4 is 5.32 Å². The SMILES string of the molecule is Cc1nn(Cc2c(Cl)cccc2Cl)c(C)c1NC(=O)CCn1nc(C)c([N+](=O)[O-])c1C. The molecule has 11 heteroatoms. The van der Waals surface area contributed by atoms with E-state index in [2.05, 4.69) is 15.5 Å². The summed E-state index contributed by atoms with van der Waals surface area (Å²) in [6, 6.07) is 5.30. The Labute approximate surface area is 189 Å². The average molecular weight is 465 g/mol. The minimum Gasteiger partial charge on any atom is -0.323 e. The lowest BCUT2D eigenvalue weighted by atomic mass is 10.2. The Hall–Kier alpha value is -2.91. The Morgan fingerprint density at radius 2 is 1.68 bits per heavy atom. The van der Waals surface area contributed by atoms with Crippen molar-refractivity contribution in [1.82, 2.24) is 19.6 Å². The Balaban J connectivity index is 1.71. The maximum Gasteiger partial charge on any atom is 0.312 e. The molecule has 0 aliphatic heterocycles. The van der Waals surface area contributed by atoms with Crippen LogP contribution in [0.2, 0.25) is 10.0 Å². The number of hydrogen-bond donors (Lipinski definition) is 1. The van der Waals surface area contributed by atoms with Crippen LogP contribution in [0.25, 0.3) is 0 Å². The molecule has 0 radical (unpaired) electrons. The van der Waals surface area contributed by atoms with Crippen LogP contribution >= 0.6 is 23.2 Å². The van der Waals surface area contributed by atoms with Crippen molar-refractivity contribution in [2.75, 3.05) is 5.32 Å². The van der Waals surface area contributed by atoms with E-state index in [1.165, 1.54) is 4.68 Å². The summed E-state index contributed by atoms with van der Waals surface area (Å²) >= 11 is 12.5. The quantitative estimate of drug-likeness (QED) is 0.405. The number of anilines is 1. The lowest BCUT2D eigenvalue weighted by Crippen LogP contribution is -2.16. The molecule has 1 amide bonds. The minimum atomic E-state index is -0.458. The molecule has 0 saturated heterocycles. The molecule has 0 fully saturated rings. The van der Waals surface area contributed by atoms with Gasteiger partial charge in [-0.2, -0.15) is 10.2 Å². The summed E-state index contributed by atoms with van der Waals surface area (Å²) < 4.78 is 3.22. The van der Waals surface area contributed by atoms with Crippen molar-refractivity contribution >= 4 is 40.5 Å². The molecule has 2 heterocycles. The van der Waals surface area contributed by atoms with Crippen molar-refractivity contribution < 1.29 is 9.72 Å². The van der Waals surface area contributed by atoms with Gasteiger partial charge in [-0.05, 0) is 39.8 Å². The highest BCUT2D eigenvalue weighted by molar-refractivity contribution is 6.35. The van der Waals surface area contributed by atoms with Gasteiger partial charge < -0.3 is 5.32 Å². The molecule has 1 N–H and O–H groups in total.